The molecule has 0 spiro atoms. The molecule has 0 bridgehead atoms. The number of rotatable bonds is 5. The SMILES string of the molecule is CC1CCCC(CC(=O)NCC(C)(O)c2cnn(C)c2)C1. The number of aromatic nitrogens is 2. The molecule has 118 valence electrons. The van der Waals surface area contributed by atoms with Crippen molar-refractivity contribution in [3.8, 4) is 0 Å². The van der Waals surface area contributed by atoms with Gasteiger partial charge in [0, 0.05) is 25.2 Å². The van der Waals surface area contributed by atoms with E-state index in [1.807, 2.05) is 7.05 Å². The first-order chi connectivity index (χ1) is 9.87. The Morgan fingerprint density at radius 1 is 1.57 bits per heavy atom. The number of aliphatic hydroxyl groups is 1. The molecular weight excluding hydrogens is 266 g/mol. The van der Waals surface area contributed by atoms with E-state index in [1.54, 1.807) is 24.0 Å². The van der Waals surface area contributed by atoms with E-state index in [9.17, 15) is 9.90 Å². The van der Waals surface area contributed by atoms with Gasteiger partial charge in [0.25, 0.3) is 0 Å². The Morgan fingerprint density at radius 2 is 2.33 bits per heavy atom. The van der Waals surface area contributed by atoms with Crippen LogP contribution in [-0.4, -0.2) is 27.3 Å². The summed E-state index contributed by atoms with van der Waals surface area (Å²) in [6, 6.07) is 0. The molecule has 0 saturated heterocycles. The second-order valence-electron chi connectivity index (χ2n) is 6.80. The largest absolute Gasteiger partial charge is 0.383 e. The molecule has 2 rings (SSSR count). The van der Waals surface area contributed by atoms with E-state index in [-0.39, 0.29) is 12.5 Å². The van der Waals surface area contributed by atoms with E-state index in [4.69, 9.17) is 0 Å². The summed E-state index contributed by atoms with van der Waals surface area (Å²) in [4.78, 5) is 12.1. The zero-order valence-electron chi connectivity index (χ0n) is 13.3. The molecule has 1 aliphatic carbocycles. The molecule has 21 heavy (non-hydrogen) atoms. The predicted molar refractivity (Wildman–Crippen MR) is 81.5 cm³/mol. The van der Waals surface area contributed by atoms with E-state index in [1.165, 1.54) is 12.8 Å². The van der Waals surface area contributed by atoms with Gasteiger partial charge in [-0.15, -0.1) is 0 Å². The summed E-state index contributed by atoms with van der Waals surface area (Å²) >= 11 is 0. The number of amides is 1. The highest BCUT2D eigenvalue weighted by molar-refractivity contribution is 5.76. The minimum Gasteiger partial charge on any atom is -0.383 e. The minimum atomic E-state index is -1.08. The molecule has 3 unspecified atom stereocenters. The molecule has 2 N–H and O–H groups in total. The van der Waals surface area contributed by atoms with Crippen molar-refractivity contribution in [1.29, 1.82) is 0 Å². The quantitative estimate of drug-likeness (QED) is 0.872. The van der Waals surface area contributed by atoms with Gasteiger partial charge in [-0.3, -0.25) is 9.48 Å². The number of hydrogen-bond donors (Lipinski definition) is 2. The normalized spacial score (nSPS) is 25.3. The van der Waals surface area contributed by atoms with E-state index in [0.717, 1.165) is 24.3 Å². The van der Waals surface area contributed by atoms with Gasteiger partial charge in [-0.2, -0.15) is 5.10 Å². The molecule has 0 aliphatic heterocycles. The first-order valence-corrected chi connectivity index (χ1v) is 7.85. The van der Waals surface area contributed by atoms with Crippen LogP contribution < -0.4 is 5.32 Å². The van der Waals surface area contributed by atoms with Gasteiger partial charge in [0.15, 0.2) is 0 Å². The van der Waals surface area contributed by atoms with Crippen molar-refractivity contribution in [2.45, 2.75) is 51.6 Å². The lowest BCUT2D eigenvalue weighted by molar-refractivity contribution is -0.123. The molecule has 1 aromatic heterocycles. The minimum absolute atomic E-state index is 0.0401. The highest BCUT2D eigenvalue weighted by Crippen LogP contribution is 2.30. The van der Waals surface area contributed by atoms with Crippen LogP contribution in [0.2, 0.25) is 0 Å². The summed E-state index contributed by atoms with van der Waals surface area (Å²) in [5.74, 6) is 1.27. The van der Waals surface area contributed by atoms with Gasteiger partial charge in [-0.25, -0.2) is 0 Å². The number of carbonyl (C=O) groups is 1. The molecule has 5 nitrogen and oxygen atoms in total. The van der Waals surface area contributed by atoms with Crippen LogP contribution >= 0.6 is 0 Å². The zero-order chi connectivity index (χ0) is 15.5. The molecule has 3 atom stereocenters. The second kappa shape index (κ2) is 6.60. The van der Waals surface area contributed by atoms with Crippen molar-refractivity contribution in [2.24, 2.45) is 18.9 Å². The third-order valence-electron chi connectivity index (χ3n) is 4.48. The highest BCUT2D eigenvalue weighted by Gasteiger charge is 2.26. The summed E-state index contributed by atoms with van der Waals surface area (Å²) < 4.78 is 1.65. The maximum atomic E-state index is 12.1. The molecule has 1 aliphatic rings. The number of hydrogen-bond acceptors (Lipinski definition) is 3. The lowest BCUT2D eigenvalue weighted by Gasteiger charge is -2.27. The molecular formula is C16H27N3O2. The van der Waals surface area contributed by atoms with Crippen molar-refractivity contribution >= 4 is 5.91 Å². The standard InChI is InChI=1S/C16H27N3O2/c1-12-5-4-6-13(7-12)8-15(20)17-11-16(2,21)14-9-18-19(3)10-14/h9-10,12-13,21H,4-8,11H2,1-3H3,(H,17,20). The average Bonchev–Trinajstić information content (AvgIpc) is 2.84. The van der Waals surface area contributed by atoms with E-state index >= 15 is 0 Å². The summed E-state index contributed by atoms with van der Waals surface area (Å²) in [5.41, 5.74) is -0.361. The Bertz CT molecular complexity index is 482. The Hall–Kier alpha value is -1.36. The lowest BCUT2D eigenvalue weighted by atomic mass is 9.81. The van der Waals surface area contributed by atoms with Gasteiger partial charge in [-0.1, -0.05) is 19.8 Å². The third kappa shape index (κ3) is 4.56. The molecule has 1 heterocycles. The lowest BCUT2D eigenvalue weighted by Crippen LogP contribution is -2.39. The van der Waals surface area contributed by atoms with Crippen LogP contribution in [0.3, 0.4) is 0 Å². The van der Waals surface area contributed by atoms with E-state index in [2.05, 4.69) is 17.3 Å². The number of nitrogens with one attached hydrogen (secondary N) is 1. The average molecular weight is 293 g/mol. The van der Waals surface area contributed by atoms with Crippen LogP contribution in [0.4, 0.5) is 0 Å². The Kier molecular flexibility index (Phi) is 5.04. The second-order valence-corrected chi connectivity index (χ2v) is 6.80. The Labute approximate surface area is 126 Å². The summed E-state index contributed by atoms with van der Waals surface area (Å²) in [5, 5.41) is 17.4. The predicted octanol–water partition coefficient (Wildman–Crippen LogP) is 1.96. The van der Waals surface area contributed by atoms with Crippen LogP contribution in [0.1, 0.15) is 51.5 Å². The van der Waals surface area contributed by atoms with E-state index < -0.39 is 5.60 Å². The first kappa shape index (κ1) is 16.0. The summed E-state index contributed by atoms with van der Waals surface area (Å²) in [7, 11) is 1.81. The van der Waals surface area contributed by atoms with Crippen LogP contribution in [-0.2, 0) is 17.4 Å². The van der Waals surface area contributed by atoms with Crippen molar-refractivity contribution in [3.05, 3.63) is 18.0 Å². The fraction of sp³-hybridized carbons (Fsp3) is 0.750. The van der Waals surface area contributed by atoms with Gasteiger partial charge in [0.1, 0.15) is 5.60 Å². The van der Waals surface area contributed by atoms with Crippen LogP contribution in [0, 0.1) is 11.8 Å². The van der Waals surface area contributed by atoms with Gasteiger partial charge < -0.3 is 10.4 Å². The van der Waals surface area contributed by atoms with Gasteiger partial charge in [0.2, 0.25) is 5.91 Å². The smallest absolute Gasteiger partial charge is 0.220 e. The van der Waals surface area contributed by atoms with Crippen molar-refractivity contribution < 1.29 is 9.90 Å². The van der Waals surface area contributed by atoms with Gasteiger partial charge in [-0.05, 0) is 31.6 Å². The molecule has 1 fully saturated rings. The maximum absolute atomic E-state index is 12.1. The van der Waals surface area contributed by atoms with E-state index in [0.29, 0.717) is 12.3 Å². The van der Waals surface area contributed by atoms with Crippen LogP contribution in [0.5, 0.6) is 0 Å². The van der Waals surface area contributed by atoms with Crippen LogP contribution in [0.25, 0.3) is 0 Å². The third-order valence-corrected chi connectivity index (χ3v) is 4.48. The molecule has 1 aromatic rings. The molecule has 1 amide bonds. The van der Waals surface area contributed by atoms with Crippen LogP contribution in [0.15, 0.2) is 12.4 Å². The molecule has 0 aromatic carbocycles. The van der Waals surface area contributed by atoms with Gasteiger partial charge in [0.05, 0.1) is 12.7 Å². The maximum Gasteiger partial charge on any atom is 0.220 e. The first-order valence-electron chi connectivity index (χ1n) is 7.85. The van der Waals surface area contributed by atoms with Crippen molar-refractivity contribution in [2.75, 3.05) is 6.54 Å². The fourth-order valence-electron chi connectivity index (χ4n) is 3.15. The van der Waals surface area contributed by atoms with Crippen molar-refractivity contribution in [1.82, 2.24) is 15.1 Å². The molecule has 5 heteroatoms. The zero-order valence-corrected chi connectivity index (χ0v) is 13.3. The number of nitrogens with zero attached hydrogens (tertiary/aromatic N) is 2. The monoisotopic (exact) mass is 293 g/mol. The summed E-state index contributed by atoms with van der Waals surface area (Å²) in [6.07, 6.45) is 8.79. The van der Waals surface area contributed by atoms with Crippen molar-refractivity contribution in [3.63, 3.8) is 0 Å². The van der Waals surface area contributed by atoms with Gasteiger partial charge >= 0.3 is 0 Å². The number of aryl methyl sites for hydroxylation is 1. The topological polar surface area (TPSA) is 67.2 Å². The molecule has 0 radical (unpaired) electrons. The summed E-state index contributed by atoms with van der Waals surface area (Å²) in [6.45, 7) is 4.18. The Morgan fingerprint density at radius 3 is 2.95 bits per heavy atom. The fourth-order valence-corrected chi connectivity index (χ4v) is 3.15. The number of carbonyl (C=O) groups excluding carboxylic acids is 1. The highest BCUT2D eigenvalue weighted by atomic mass is 16.3. The Balaban J connectivity index is 1.80. The molecule has 1 saturated carbocycles.